The van der Waals surface area contributed by atoms with Crippen LogP contribution < -0.4 is 10.6 Å². The molecule has 2 heterocycles. The Morgan fingerprint density at radius 1 is 1.60 bits per heavy atom. The molecule has 3 N–H and O–H groups in total. The second-order valence-corrected chi connectivity index (χ2v) is 4.41. The summed E-state index contributed by atoms with van der Waals surface area (Å²) in [4.78, 5) is 0. The van der Waals surface area contributed by atoms with E-state index in [2.05, 4.69) is 27.8 Å². The first-order chi connectivity index (χ1) is 7.34. The van der Waals surface area contributed by atoms with E-state index in [0.29, 0.717) is 12.1 Å². The first-order valence-corrected chi connectivity index (χ1v) is 5.83. The molecule has 1 aromatic heterocycles. The summed E-state index contributed by atoms with van der Waals surface area (Å²) in [6, 6.07) is 1.19. The minimum atomic E-state index is 0.498. The molecule has 0 amide bonds. The maximum atomic E-state index is 3.92. The van der Waals surface area contributed by atoms with Gasteiger partial charge in [-0.3, -0.25) is 5.10 Å². The van der Waals surface area contributed by atoms with Crippen LogP contribution in [0.2, 0.25) is 0 Å². The molecular formula is C11H20N4. The summed E-state index contributed by atoms with van der Waals surface area (Å²) >= 11 is 0. The van der Waals surface area contributed by atoms with Gasteiger partial charge in [-0.05, 0) is 32.7 Å². The van der Waals surface area contributed by atoms with Crippen molar-refractivity contribution in [3.63, 3.8) is 0 Å². The Hall–Kier alpha value is -1.03. The minimum Gasteiger partial charge on any atom is -0.380 e. The highest BCUT2D eigenvalue weighted by Crippen LogP contribution is 2.14. The van der Waals surface area contributed by atoms with Crippen molar-refractivity contribution in [2.24, 2.45) is 0 Å². The van der Waals surface area contributed by atoms with Crippen LogP contribution in [-0.2, 0) is 0 Å². The fourth-order valence-electron chi connectivity index (χ4n) is 2.23. The van der Waals surface area contributed by atoms with Crippen LogP contribution in [0.3, 0.4) is 0 Å². The molecule has 0 radical (unpaired) electrons. The third-order valence-corrected chi connectivity index (χ3v) is 2.96. The van der Waals surface area contributed by atoms with Gasteiger partial charge in [0.25, 0.3) is 0 Å². The summed E-state index contributed by atoms with van der Waals surface area (Å²) in [5, 5.41) is 13.7. The monoisotopic (exact) mass is 208 g/mol. The van der Waals surface area contributed by atoms with Crippen molar-refractivity contribution < 1.29 is 0 Å². The lowest BCUT2D eigenvalue weighted by Gasteiger charge is -2.26. The Labute approximate surface area is 90.8 Å². The number of nitrogens with zero attached hydrogens (tertiary/aromatic N) is 1. The van der Waals surface area contributed by atoms with Crippen LogP contribution >= 0.6 is 0 Å². The highest BCUT2D eigenvalue weighted by atomic mass is 15.1. The molecule has 1 aromatic rings. The third-order valence-electron chi connectivity index (χ3n) is 2.96. The highest BCUT2D eigenvalue weighted by molar-refractivity contribution is 5.38. The Kier molecular flexibility index (Phi) is 3.61. The van der Waals surface area contributed by atoms with Gasteiger partial charge in [0.15, 0.2) is 0 Å². The van der Waals surface area contributed by atoms with Gasteiger partial charge in [0.2, 0.25) is 0 Å². The molecular weight excluding hydrogens is 188 g/mol. The number of H-pyrrole nitrogens is 1. The van der Waals surface area contributed by atoms with Crippen molar-refractivity contribution in [3.05, 3.63) is 12.4 Å². The normalized spacial score (nSPS) is 23.7. The van der Waals surface area contributed by atoms with E-state index < -0.39 is 0 Å². The molecule has 1 fully saturated rings. The zero-order valence-corrected chi connectivity index (χ0v) is 9.29. The Balaban J connectivity index is 1.74. The van der Waals surface area contributed by atoms with Crippen LogP contribution in [0.15, 0.2) is 12.4 Å². The maximum absolute atomic E-state index is 3.92. The molecule has 4 nitrogen and oxygen atoms in total. The summed E-state index contributed by atoms with van der Waals surface area (Å²) < 4.78 is 0. The van der Waals surface area contributed by atoms with Gasteiger partial charge in [0, 0.05) is 18.3 Å². The van der Waals surface area contributed by atoms with Crippen molar-refractivity contribution >= 4 is 5.69 Å². The van der Waals surface area contributed by atoms with E-state index in [4.69, 9.17) is 0 Å². The van der Waals surface area contributed by atoms with E-state index in [9.17, 15) is 0 Å². The lowest BCUT2D eigenvalue weighted by molar-refractivity contribution is 0.371. The molecule has 1 saturated heterocycles. The van der Waals surface area contributed by atoms with Crippen LogP contribution in [0.4, 0.5) is 5.69 Å². The summed E-state index contributed by atoms with van der Waals surface area (Å²) in [6.07, 6.45) is 8.92. The van der Waals surface area contributed by atoms with Crippen LogP contribution in [0.1, 0.15) is 32.6 Å². The molecule has 0 saturated carbocycles. The second kappa shape index (κ2) is 5.16. The largest absolute Gasteiger partial charge is 0.380 e. The van der Waals surface area contributed by atoms with Gasteiger partial charge in [0.05, 0.1) is 11.9 Å². The Bertz CT molecular complexity index is 264. The number of nitrogens with one attached hydrogen (secondary N) is 3. The molecule has 84 valence electrons. The Morgan fingerprint density at radius 2 is 2.53 bits per heavy atom. The number of piperidine rings is 1. The second-order valence-electron chi connectivity index (χ2n) is 4.41. The van der Waals surface area contributed by atoms with E-state index in [-0.39, 0.29) is 0 Å². The van der Waals surface area contributed by atoms with E-state index in [1.807, 2.05) is 12.4 Å². The van der Waals surface area contributed by atoms with Crippen molar-refractivity contribution in [1.29, 1.82) is 0 Å². The van der Waals surface area contributed by atoms with Crippen LogP contribution in [0.25, 0.3) is 0 Å². The number of anilines is 1. The molecule has 15 heavy (non-hydrogen) atoms. The van der Waals surface area contributed by atoms with E-state index in [1.54, 1.807) is 0 Å². The predicted molar refractivity (Wildman–Crippen MR) is 61.9 cm³/mol. The average Bonchev–Trinajstić information content (AvgIpc) is 2.71. The van der Waals surface area contributed by atoms with Crippen molar-refractivity contribution in [2.75, 3.05) is 11.9 Å². The zero-order valence-electron chi connectivity index (χ0n) is 9.29. The van der Waals surface area contributed by atoms with Gasteiger partial charge in [0.1, 0.15) is 0 Å². The standard InChI is InChI=1S/C11H20N4/c1-9(15-11-7-13-14-8-11)6-10-4-2-3-5-12-10/h7-10,12,15H,2-6H2,1H3,(H,13,14). The van der Waals surface area contributed by atoms with Crippen molar-refractivity contribution in [3.8, 4) is 0 Å². The highest BCUT2D eigenvalue weighted by Gasteiger charge is 2.15. The molecule has 0 aliphatic carbocycles. The molecule has 0 spiro atoms. The zero-order chi connectivity index (χ0) is 10.5. The molecule has 1 aliphatic heterocycles. The predicted octanol–water partition coefficient (Wildman–Crippen LogP) is 1.74. The minimum absolute atomic E-state index is 0.498. The maximum Gasteiger partial charge on any atom is 0.0725 e. The lowest BCUT2D eigenvalue weighted by Crippen LogP contribution is -2.37. The quantitative estimate of drug-likeness (QED) is 0.706. The molecule has 0 bridgehead atoms. The van der Waals surface area contributed by atoms with E-state index >= 15 is 0 Å². The van der Waals surface area contributed by atoms with Crippen LogP contribution in [0.5, 0.6) is 0 Å². The van der Waals surface area contributed by atoms with E-state index in [1.165, 1.54) is 32.2 Å². The van der Waals surface area contributed by atoms with Gasteiger partial charge in [-0.1, -0.05) is 6.42 Å². The van der Waals surface area contributed by atoms with Gasteiger partial charge in [-0.25, -0.2) is 0 Å². The van der Waals surface area contributed by atoms with Gasteiger partial charge >= 0.3 is 0 Å². The SMILES string of the molecule is CC(CC1CCCCN1)Nc1cn[nH]c1. The molecule has 2 unspecified atom stereocenters. The summed E-state index contributed by atoms with van der Waals surface area (Å²) in [5.41, 5.74) is 1.08. The first kappa shape index (κ1) is 10.5. The topological polar surface area (TPSA) is 52.7 Å². The van der Waals surface area contributed by atoms with Gasteiger partial charge < -0.3 is 10.6 Å². The summed E-state index contributed by atoms with van der Waals surface area (Å²) in [5.74, 6) is 0. The number of hydrogen-bond donors (Lipinski definition) is 3. The van der Waals surface area contributed by atoms with Gasteiger partial charge in [-0.15, -0.1) is 0 Å². The lowest BCUT2D eigenvalue weighted by atomic mass is 9.99. The number of rotatable bonds is 4. The summed E-state index contributed by atoms with van der Waals surface area (Å²) in [6.45, 7) is 3.41. The first-order valence-electron chi connectivity index (χ1n) is 5.83. The van der Waals surface area contributed by atoms with Crippen LogP contribution in [0, 0.1) is 0 Å². The molecule has 2 atom stereocenters. The number of hydrogen-bond acceptors (Lipinski definition) is 3. The van der Waals surface area contributed by atoms with Crippen LogP contribution in [-0.4, -0.2) is 28.8 Å². The smallest absolute Gasteiger partial charge is 0.0725 e. The summed E-state index contributed by atoms with van der Waals surface area (Å²) in [7, 11) is 0. The van der Waals surface area contributed by atoms with Crippen molar-refractivity contribution in [1.82, 2.24) is 15.5 Å². The fourth-order valence-corrected chi connectivity index (χ4v) is 2.23. The van der Waals surface area contributed by atoms with Gasteiger partial charge in [-0.2, -0.15) is 5.10 Å². The van der Waals surface area contributed by atoms with E-state index in [0.717, 1.165) is 5.69 Å². The van der Waals surface area contributed by atoms with Crippen molar-refractivity contribution in [2.45, 2.75) is 44.7 Å². The number of aromatic amines is 1. The average molecular weight is 208 g/mol. The molecule has 2 rings (SSSR count). The molecule has 0 aromatic carbocycles. The fraction of sp³-hybridized carbons (Fsp3) is 0.727. The molecule has 1 aliphatic rings. The molecule has 4 heteroatoms. The number of aromatic nitrogens is 2. The Morgan fingerprint density at radius 3 is 3.20 bits per heavy atom. The third kappa shape index (κ3) is 3.23.